The topological polar surface area (TPSA) is 415 Å². The van der Waals surface area contributed by atoms with Crippen LogP contribution in [0.25, 0.3) is 10.4 Å². The summed E-state index contributed by atoms with van der Waals surface area (Å²) < 4.78 is 18.4. The number of aromatic nitrogens is 12. The predicted molar refractivity (Wildman–Crippen MR) is 476 cm³/mol. The lowest BCUT2D eigenvalue weighted by molar-refractivity contribution is -0.00123. The van der Waals surface area contributed by atoms with Crippen molar-refractivity contribution in [1.82, 2.24) is 90.5 Å². The number of ether oxygens (including phenoxy) is 2. The summed E-state index contributed by atoms with van der Waals surface area (Å²) in [5.74, 6) is -0.347. The molecule has 8 aromatic heterocycles. The number of benzene rings is 1. The fourth-order valence-corrected chi connectivity index (χ4v) is 10.1. The first kappa shape index (κ1) is 105. The molecule has 40 heteroatoms. The Morgan fingerprint density at radius 2 is 1.02 bits per heavy atom. The number of halogens is 9. The molecule has 1 aromatic carbocycles. The number of carbonyl (C=O) groups excluding carboxylic acids is 6. The van der Waals surface area contributed by atoms with E-state index in [2.05, 4.69) is 227 Å². The number of piperidine rings is 1. The summed E-state index contributed by atoms with van der Waals surface area (Å²) in [6.07, 6.45) is 22.0. The summed E-state index contributed by atoms with van der Waals surface area (Å²) in [5.41, 5.74) is 12.7. The zero-order chi connectivity index (χ0) is 86.8. The molecule has 0 bridgehead atoms. The Kier molecular flexibility index (Phi) is 52.6. The zero-order valence-corrected chi connectivity index (χ0v) is 78.9. The van der Waals surface area contributed by atoms with Gasteiger partial charge in [0.15, 0.2) is 3.83 Å². The molecule has 1 spiro atoms. The van der Waals surface area contributed by atoms with Crippen molar-refractivity contribution in [2.24, 2.45) is 11.5 Å². The molecule has 10 heterocycles. The highest BCUT2D eigenvalue weighted by molar-refractivity contribution is 14.1. The summed E-state index contributed by atoms with van der Waals surface area (Å²) in [6, 6.07) is 22.0. The van der Waals surface area contributed by atoms with Crippen molar-refractivity contribution < 1.29 is 48.1 Å². The smallest absolute Gasteiger partial charge is 0.410 e. The predicted octanol–water partition coefficient (Wildman–Crippen LogP) is 15.1. The van der Waals surface area contributed by atoms with Crippen molar-refractivity contribution >= 4 is 198 Å². The lowest BCUT2D eigenvalue weighted by atomic mass is 9.83. The second-order valence-electron chi connectivity index (χ2n) is 23.2. The van der Waals surface area contributed by atoms with Crippen LogP contribution in [0, 0.1) is 10.4 Å². The van der Waals surface area contributed by atoms with E-state index in [-0.39, 0.29) is 47.2 Å². The molecule has 0 aliphatic carbocycles. The highest BCUT2D eigenvalue weighted by atomic mass is 127. The number of amides is 5. The molecule has 9 aromatic rings. The largest absolute Gasteiger partial charge is 0.482 e. The number of hydrogen-bond donors (Lipinski definition) is 6. The van der Waals surface area contributed by atoms with E-state index in [9.17, 15) is 33.6 Å². The molecule has 616 valence electrons. The number of carboxylic acid groups (broad SMARTS) is 1. The SMILES string of the molecule is Brc1cnc(I)nc1.CCN.CCN(CC)C(=O)c1ncc(Br)cn1.CCNC(=O)c1ccc(Br)cn1.CN.CN(C)C(=O)c1ccc(Br)cn1.CNC.CNC(=O)c1ccc(Br)cn1.O=C(Cl)c1ncc(Br)cn1.O=C(O)c1ncc(Br)cn1.[C-]#[N+]c1ccc(C2=CC3(CCN(C(=O)OC(C)(C)C)CC3)Oc3ccccc32)cn1. The molecular weight excluding hydrogens is 2080 g/mol. The normalized spacial score (nSPS) is 11.3. The summed E-state index contributed by atoms with van der Waals surface area (Å²) >= 11 is 29.5. The Morgan fingerprint density at radius 1 is 0.600 bits per heavy atom. The first-order valence-electron chi connectivity index (χ1n) is 34.1. The lowest BCUT2D eigenvalue weighted by Gasteiger charge is -2.43. The molecule has 0 unspecified atom stereocenters. The van der Waals surface area contributed by atoms with Crippen LogP contribution in [-0.2, 0) is 4.74 Å². The van der Waals surface area contributed by atoms with Gasteiger partial charge in [-0.15, -0.1) is 4.98 Å². The van der Waals surface area contributed by atoms with Crippen LogP contribution in [0.15, 0.2) is 185 Å². The van der Waals surface area contributed by atoms with Gasteiger partial charge < -0.3 is 61.5 Å². The van der Waals surface area contributed by atoms with Crippen LogP contribution >= 0.6 is 146 Å². The third-order valence-corrected chi connectivity index (χ3v) is 17.0. The number of pyridine rings is 4. The highest BCUT2D eigenvalue weighted by Crippen LogP contribution is 2.43. The quantitative estimate of drug-likeness (QED) is 0.0320. The average molecular weight is 2170 g/mol. The van der Waals surface area contributed by atoms with E-state index < -0.39 is 22.4 Å². The number of para-hydroxylation sites is 1. The minimum atomic E-state index is -1.12. The molecule has 31 nitrogen and oxygen atoms in total. The fourth-order valence-electron chi connectivity index (χ4n) is 8.20. The Bertz CT molecular complexity index is 4410. The molecule has 8 N–H and O–H groups in total. The van der Waals surface area contributed by atoms with Crippen LogP contribution in [0.3, 0.4) is 0 Å². The summed E-state index contributed by atoms with van der Waals surface area (Å²) in [6.45, 7) is 24.2. The maximum absolute atomic E-state index is 12.4. The van der Waals surface area contributed by atoms with Gasteiger partial charge in [-0.05, 0) is 253 Å². The van der Waals surface area contributed by atoms with Crippen molar-refractivity contribution in [3.8, 4) is 5.75 Å². The molecule has 115 heavy (non-hydrogen) atoms. The monoisotopic (exact) mass is 2160 g/mol. The summed E-state index contributed by atoms with van der Waals surface area (Å²) in [4.78, 5) is 132. The van der Waals surface area contributed by atoms with Crippen molar-refractivity contribution in [2.75, 3.05) is 81.6 Å². The van der Waals surface area contributed by atoms with Gasteiger partial charge in [0.25, 0.3) is 34.7 Å². The van der Waals surface area contributed by atoms with E-state index in [1.54, 1.807) is 123 Å². The Balaban J connectivity index is 0.000000676. The van der Waals surface area contributed by atoms with E-state index in [0.717, 1.165) is 55.2 Å². The second-order valence-corrected chi connectivity index (χ2v) is 31.0. The minimum absolute atomic E-state index is 0.0184. The third-order valence-electron chi connectivity index (χ3n) is 13.2. The van der Waals surface area contributed by atoms with E-state index in [1.807, 2.05) is 92.9 Å². The molecule has 11 rings (SSSR count). The molecule has 2 aliphatic heterocycles. The number of nitrogens with zero attached hydrogens (tertiary/aromatic N) is 16. The van der Waals surface area contributed by atoms with Crippen LogP contribution in [0.4, 0.5) is 10.6 Å². The molecule has 0 saturated carbocycles. The number of carboxylic acids is 1. The van der Waals surface area contributed by atoms with Gasteiger partial charge >= 0.3 is 12.1 Å². The number of nitrogens with two attached hydrogens (primary N) is 2. The Morgan fingerprint density at radius 3 is 1.38 bits per heavy atom. The second kappa shape index (κ2) is 57.7. The van der Waals surface area contributed by atoms with E-state index in [4.69, 9.17) is 38.5 Å². The molecule has 5 amide bonds. The number of hydrogen-bond acceptors (Lipinski definition) is 24. The van der Waals surface area contributed by atoms with Gasteiger partial charge in [-0.1, -0.05) is 37.8 Å². The molecule has 2 aliphatic rings. The Labute approximate surface area is 746 Å². The molecule has 1 saturated heterocycles. The van der Waals surface area contributed by atoms with E-state index >= 15 is 0 Å². The van der Waals surface area contributed by atoms with E-state index in [0.29, 0.717) is 77.4 Å². The van der Waals surface area contributed by atoms with Crippen LogP contribution in [0.1, 0.15) is 136 Å². The maximum atomic E-state index is 12.4. The lowest BCUT2D eigenvalue weighted by Crippen LogP contribution is -2.50. The van der Waals surface area contributed by atoms with Crippen molar-refractivity contribution in [3.05, 3.63) is 245 Å². The Hall–Kier alpha value is -8.28. The van der Waals surface area contributed by atoms with Crippen LogP contribution in [0.5, 0.6) is 5.75 Å². The number of carbonyl (C=O) groups is 7. The highest BCUT2D eigenvalue weighted by Gasteiger charge is 2.41. The minimum Gasteiger partial charge on any atom is -0.482 e. The first-order valence-corrected chi connectivity index (χ1v) is 41.1. The average Bonchev–Trinajstić information content (AvgIpc) is 0.756. The van der Waals surface area contributed by atoms with Crippen molar-refractivity contribution in [1.29, 1.82) is 0 Å². The molecule has 0 radical (unpaired) electrons. The standard InChI is InChI=1S/C24H25N3O3.C9H12BrN3O.2C8H9BrN2O.C7H7BrN2O.C5H2BrClN2O.C5H3BrN2O2.C4H2BrIN2.2C2H7N.CH5N/c1-23(2,3)30-22(28)27-13-11-24(12-14-27)15-19(17-9-10-21(25-4)26-16-17)18-7-5-6-8-20(18)29-24;1-3-13(4-2)9(14)8-11-5-7(10)6-12-8;1-11(2)8(12)7-4-3-6(9)5-10-7;1-2-10-8(12)7-4-3-6(9)5-11-7;1-9-7(11)6-3-2-5(8)4-10-6;6-3-1-8-5(4(7)10)9-2-3;6-3-1-7-4(5(9)10)8-2-3;5-3-1-7-4(6)8-2-3;1-3-2;1-2-3;1-2/h5-10,15-16H,11-14H2,1-3H3;5-6H,3-4H2,1-2H3;3-5H,1-2H3;3-5H,2H2,1H3,(H,10,12);2-4H,1H3,(H,9,11);1-2H;1-2H,(H,9,10);1-2H;3H,1-2H3;2-3H2,1H3;2H2,1H3. The molecule has 1 fully saturated rings. The molecule has 0 atom stereocenters. The van der Waals surface area contributed by atoms with Crippen molar-refractivity contribution in [2.45, 2.75) is 72.5 Å². The van der Waals surface area contributed by atoms with Gasteiger partial charge in [-0.3, -0.25) is 24.0 Å². The summed E-state index contributed by atoms with van der Waals surface area (Å²) in [7, 11) is 10.2. The number of fused-ring (bicyclic) bond motifs is 1. The fraction of sp³-hybridized carbons (Fsp3) is 0.307. The number of rotatable bonds is 10. The van der Waals surface area contributed by atoms with Crippen LogP contribution in [-0.4, -0.2) is 213 Å². The van der Waals surface area contributed by atoms with Gasteiger partial charge in [0.2, 0.25) is 17.5 Å². The van der Waals surface area contributed by atoms with Gasteiger partial charge in [0.1, 0.15) is 40.2 Å². The molecular formula is C75H88Br7ClIN21O10. The van der Waals surface area contributed by atoms with Gasteiger partial charge in [0, 0.05) is 182 Å². The third kappa shape index (κ3) is 41.9. The van der Waals surface area contributed by atoms with E-state index in [1.165, 1.54) is 36.7 Å². The number of aromatic carboxylic acids is 1. The van der Waals surface area contributed by atoms with Gasteiger partial charge in [-0.25, -0.2) is 64.4 Å². The number of likely N-dealkylation sites (tertiary alicyclic amines) is 1. The first-order chi connectivity index (χ1) is 54.6. The van der Waals surface area contributed by atoms with Crippen LogP contribution in [0.2, 0.25) is 0 Å². The van der Waals surface area contributed by atoms with Crippen LogP contribution < -0.4 is 32.2 Å². The van der Waals surface area contributed by atoms with Crippen molar-refractivity contribution in [3.63, 3.8) is 0 Å². The summed E-state index contributed by atoms with van der Waals surface area (Å²) in [5, 5.41) is 15.6. The van der Waals surface area contributed by atoms with Gasteiger partial charge in [0.05, 0.1) is 17.9 Å². The number of nitrogens with one attached hydrogen (secondary N) is 3. The zero-order valence-electron chi connectivity index (χ0n) is 64.9. The van der Waals surface area contributed by atoms with Gasteiger partial charge in [-0.2, -0.15) is 0 Å². The maximum Gasteiger partial charge on any atom is 0.410 e.